The Balaban J connectivity index is 0. The summed E-state index contributed by atoms with van der Waals surface area (Å²) in [5.41, 5.74) is 1.46. The first-order valence-corrected chi connectivity index (χ1v) is 6.37. The van der Waals surface area contributed by atoms with Crippen molar-refractivity contribution in [2.24, 2.45) is 5.92 Å². The summed E-state index contributed by atoms with van der Waals surface area (Å²) in [5.74, 6) is 0.817. The van der Waals surface area contributed by atoms with Gasteiger partial charge in [-0.3, -0.25) is 0 Å². The maximum atomic E-state index is 2.30. The summed E-state index contributed by atoms with van der Waals surface area (Å²) in [6.07, 6.45) is 2.49. The molecule has 88 valence electrons. The normalized spacial score (nSPS) is 10.3. The van der Waals surface area contributed by atoms with Crippen LogP contribution in [0.15, 0.2) is 30.3 Å². The van der Waals surface area contributed by atoms with Gasteiger partial charge in [0.15, 0.2) is 0 Å². The minimum Gasteiger partial charge on any atom is -0.0683 e. The second kappa shape index (κ2) is 13.2. The third-order valence-corrected chi connectivity index (χ3v) is 2.12. The predicted octanol–water partition coefficient (Wildman–Crippen LogP) is 5.33. The quantitative estimate of drug-likeness (QED) is 0.630. The molecule has 1 aromatic rings. The molecule has 0 saturated carbocycles. The van der Waals surface area contributed by atoms with Crippen molar-refractivity contribution in [2.75, 3.05) is 0 Å². The van der Waals surface area contributed by atoms with Crippen molar-refractivity contribution in [1.29, 1.82) is 0 Å². The lowest BCUT2D eigenvalue weighted by Crippen LogP contribution is -1.96. The van der Waals surface area contributed by atoms with Crippen LogP contribution in [0.3, 0.4) is 0 Å². The van der Waals surface area contributed by atoms with Crippen molar-refractivity contribution in [3.63, 3.8) is 0 Å². The second-order valence-electron chi connectivity index (χ2n) is 3.20. The van der Waals surface area contributed by atoms with E-state index in [2.05, 4.69) is 44.2 Å². The van der Waals surface area contributed by atoms with Crippen LogP contribution in [0.4, 0.5) is 0 Å². The molecular weight excluding hydrogens is 180 g/mol. The summed E-state index contributed by atoms with van der Waals surface area (Å²) in [6.45, 7) is 12.5. The molecule has 1 unspecified atom stereocenters. The molecule has 0 aliphatic rings. The zero-order valence-corrected chi connectivity index (χ0v) is 11.4. The molecule has 0 amide bonds. The van der Waals surface area contributed by atoms with Gasteiger partial charge >= 0.3 is 0 Å². The van der Waals surface area contributed by atoms with Crippen molar-refractivity contribution in [2.45, 2.75) is 54.4 Å². The van der Waals surface area contributed by atoms with E-state index in [4.69, 9.17) is 0 Å². The van der Waals surface area contributed by atoms with Crippen molar-refractivity contribution in [1.82, 2.24) is 0 Å². The van der Waals surface area contributed by atoms with E-state index < -0.39 is 0 Å². The number of rotatable bonds is 3. The fourth-order valence-corrected chi connectivity index (χ4v) is 1.16. The average molecular weight is 208 g/mol. The predicted molar refractivity (Wildman–Crippen MR) is 72.3 cm³/mol. The molecule has 0 aromatic heterocycles. The van der Waals surface area contributed by atoms with Crippen LogP contribution in [0.2, 0.25) is 0 Å². The maximum absolute atomic E-state index is 2.30. The summed E-state index contributed by atoms with van der Waals surface area (Å²) in [6, 6.07) is 10.7. The minimum absolute atomic E-state index is 0.817. The largest absolute Gasteiger partial charge is 0.0683 e. The molecule has 0 N–H and O–H groups in total. The van der Waals surface area contributed by atoms with Crippen LogP contribution < -0.4 is 0 Å². The third-order valence-electron chi connectivity index (χ3n) is 2.12. The molecule has 0 heteroatoms. The molecule has 0 heterocycles. The van der Waals surface area contributed by atoms with E-state index in [1.165, 1.54) is 18.4 Å². The highest BCUT2D eigenvalue weighted by atomic mass is 14.0. The molecule has 0 nitrogen and oxygen atoms in total. The summed E-state index contributed by atoms with van der Waals surface area (Å²) in [4.78, 5) is 0. The van der Waals surface area contributed by atoms with Gasteiger partial charge in [-0.15, -0.1) is 0 Å². The van der Waals surface area contributed by atoms with Gasteiger partial charge in [0.2, 0.25) is 0 Å². The second-order valence-corrected chi connectivity index (χ2v) is 3.20. The maximum Gasteiger partial charge on any atom is -0.0253 e. The Kier molecular flexibility index (Phi) is 14.7. The van der Waals surface area contributed by atoms with Gasteiger partial charge in [-0.25, -0.2) is 0 Å². The number of hydrogen-bond donors (Lipinski definition) is 0. The number of benzene rings is 1. The van der Waals surface area contributed by atoms with E-state index in [1.54, 1.807) is 0 Å². The molecule has 0 spiro atoms. The summed E-state index contributed by atoms with van der Waals surface area (Å²) in [7, 11) is 0. The van der Waals surface area contributed by atoms with Crippen LogP contribution in [-0.2, 0) is 6.42 Å². The van der Waals surface area contributed by atoms with Gasteiger partial charge < -0.3 is 0 Å². The SMILES string of the molecule is CC.CC.CCC(C)Cc1ccccc1. The highest BCUT2D eigenvalue weighted by Gasteiger charge is 1.98. The van der Waals surface area contributed by atoms with E-state index >= 15 is 0 Å². The molecule has 1 atom stereocenters. The number of hydrogen-bond acceptors (Lipinski definition) is 0. The molecule has 0 aliphatic carbocycles. The van der Waals surface area contributed by atoms with Crippen LogP contribution in [0.1, 0.15) is 53.5 Å². The van der Waals surface area contributed by atoms with E-state index in [9.17, 15) is 0 Å². The van der Waals surface area contributed by atoms with Crippen LogP contribution in [0.5, 0.6) is 0 Å². The molecule has 1 aromatic carbocycles. The lowest BCUT2D eigenvalue weighted by atomic mass is 9.99. The Labute approximate surface area is 96.7 Å². The first-order chi connectivity index (χ1) is 7.33. The molecule has 0 aliphatic heterocycles. The first-order valence-electron chi connectivity index (χ1n) is 6.37. The lowest BCUT2D eigenvalue weighted by Gasteiger charge is -2.06. The molecular formula is C15H28. The lowest BCUT2D eigenvalue weighted by molar-refractivity contribution is 0.560. The monoisotopic (exact) mass is 208 g/mol. The highest BCUT2D eigenvalue weighted by Crippen LogP contribution is 2.10. The Morgan fingerprint density at radius 3 is 1.80 bits per heavy atom. The highest BCUT2D eigenvalue weighted by molar-refractivity contribution is 5.14. The van der Waals surface area contributed by atoms with E-state index in [0.717, 1.165) is 5.92 Å². The summed E-state index contributed by atoms with van der Waals surface area (Å²) in [5, 5.41) is 0. The topological polar surface area (TPSA) is 0 Å². The molecule has 0 fully saturated rings. The molecule has 1 rings (SSSR count). The van der Waals surface area contributed by atoms with Gasteiger partial charge in [0, 0.05) is 0 Å². The standard InChI is InChI=1S/C11H16.2C2H6/c1-3-10(2)9-11-7-5-4-6-8-11;2*1-2/h4-8,10H,3,9H2,1-2H3;2*1-2H3. The van der Waals surface area contributed by atoms with Crippen molar-refractivity contribution in [3.8, 4) is 0 Å². The van der Waals surface area contributed by atoms with Crippen LogP contribution in [0.25, 0.3) is 0 Å². The summed E-state index contributed by atoms with van der Waals surface area (Å²) >= 11 is 0. The minimum atomic E-state index is 0.817. The molecule has 0 bridgehead atoms. The van der Waals surface area contributed by atoms with Gasteiger partial charge in [-0.2, -0.15) is 0 Å². The van der Waals surface area contributed by atoms with Gasteiger partial charge in [0.25, 0.3) is 0 Å². The van der Waals surface area contributed by atoms with Gasteiger partial charge in [0.05, 0.1) is 0 Å². The van der Waals surface area contributed by atoms with Crippen molar-refractivity contribution < 1.29 is 0 Å². The Hall–Kier alpha value is -0.780. The molecule has 15 heavy (non-hydrogen) atoms. The fourth-order valence-electron chi connectivity index (χ4n) is 1.16. The Morgan fingerprint density at radius 2 is 1.40 bits per heavy atom. The molecule has 0 radical (unpaired) electrons. The van der Waals surface area contributed by atoms with Crippen LogP contribution >= 0.6 is 0 Å². The van der Waals surface area contributed by atoms with Crippen molar-refractivity contribution in [3.05, 3.63) is 35.9 Å². The van der Waals surface area contributed by atoms with E-state index in [0.29, 0.717) is 0 Å². The third kappa shape index (κ3) is 9.52. The van der Waals surface area contributed by atoms with Crippen molar-refractivity contribution >= 4 is 0 Å². The Bertz CT molecular complexity index is 188. The Morgan fingerprint density at radius 1 is 0.933 bits per heavy atom. The van der Waals surface area contributed by atoms with Crippen LogP contribution in [-0.4, -0.2) is 0 Å². The van der Waals surface area contributed by atoms with E-state index in [1.807, 2.05) is 27.7 Å². The van der Waals surface area contributed by atoms with Gasteiger partial charge in [-0.05, 0) is 17.9 Å². The van der Waals surface area contributed by atoms with Gasteiger partial charge in [-0.1, -0.05) is 78.3 Å². The zero-order chi connectivity index (χ0) is 12.1. The zero-order valence-electron chi connectivity index (χ0n) is 11.4. The van der Waals surface area contributed by atoms with E-state index in [-0.39, 0.29) is 0 Å². The summed E-state index contributed by atoms with van der Waals surface area (Å²) < 4.78 is 0. The fraction of sp³-hybridized carbons (Fsp3) is 0.600. The van der Waals surface area contributed by atoms with Gasteiger partial charge in [0.1, 0.15) is 0 Å². The van der Waals surface area contributed by atoms with Crippen LogP contribution in [0, 0.1) is 5.92 Å². The average Bonchev–Trinajstić information content (AvgIpc) is 2.35. The molecule has 0 saturated heterocycles. The smallest absolute Gasteiger partial charge is 0.0253 e. The first kappa shape index (κ1) is 16.6.